The van der Waals surface area contributed by atoms with Crippen LogP contribution in [0.25, 0.3) is 0 Å². The first-order valence-electron chi connectivity index (χ1n) is 14.6. The van der Waals surface area contributed by atoms with Crippen molar-refractivity contribution in [1.29, 1.82) is 0 Å². The van der Waals surface area contributed by atoms with Gasteiger partial charge in [0, 0.05) is 11.5 Å². The number of nitrogens with two attached hydrogens (primary N) is 1. The zero-order chi connectivity index (χ0) is 27.7. The number of rotatable bonds is 4. The van der Waals surface area contributed by atoms with Crippen LogP contribution in [-0.2, 0) is 9.57 Å². The monoisotopic (exact) mass is 544 g/mol. The Labute approximate surface area is 229 Å². The molecule has 3 saturated carbocycles. The third kappa shape index (κ3) is 4.03. The molecular weight excluding hydrogens is 500 g/mol. The lowest BCUT2D eigenvalue weighted by molar-refractivity contribution is -0.305. The number of fused-ring (bicyclic) bond motifs is 5. The standard InChI is InChI=1S/C30H44N2O7/c1-28-11-8-19(32(37-3)27-26(35)25(34)23(31)16-39-27)14-18(28)5-6-22-21(28)9-12-29(2)20(10-13-30(22,29)36)17-4-7-24(33)38-15-17/h4,7,14-15,19-23,25-27,34-36H,5-6,8-13,16,31H2,1-3H3/t19?,20-,21?,22?,23+,25?,26?,27+,28+,29-,30+/m1/s1. The van der Waals surface area contributed by atoms with Crippen molar-refractivity contribution in [1.82, 2.24) is 5.06 Å². The fraction of sp³-hybridized carbons (Fsp3) is 0.767. The van der Waals surface area contributed by atoms with Crippen molar-refractivity contribution in [2.75, 3.05) is 13.7 Å². The van der Waals surface area contributed by atoms with Crippen LogP contribution >= 0.6 is 0 Å². The Morgan fingerprint density at radius 2 is 1.85 bits per heavy atom. The summed E-state index contributed by atoms with van der Waals surface area (Å²) in [6, 6.07) is 2.66. The Bertz CT molecular complexity index is 1150. The first-order valence-corrected chi connectivity index (χ1v) is 14.6. The first-order chi connectivity index (χ1) is 18.5. The van der Waals surface area contributed by atoms with Gasteiger partial charge >= 0.3 is 5.63 Å². The van der Waals surface area contributed by atoms with E-state index in [0.717, 1.165) is 56.9 Å². The van der Waals surface area contributed by atoms with Crippen LogP contribution in [0, 0.1) is 22.7 Å². The van der Waals surface area contributed by atoms with Crippen molar-refractivity contribution in [3.8, 4) is 0 Å². The Kier molecular flexibility index (Phi) is 6.90. The van der Waals surface area contributed by atoms with Crippen molar-refractivity contribution in [2.24, 2.45) is 28.4 Å². The summed E-state index contributed by atoms with van der Waals surface area (Å²) in [4.78, 5) is 17.3. The van der Waals surface area contributed by atoms with Gasteiger partial charge in [-0.3, -0.25) is 4.84 Å². The maximum absolute atomic E-state index is 12.5. The molecule has 11 atom stereocenters. The molecule has 1 aliphatic heterocycles. The van der Waals surface area contributed by atoms with Crippen LogP contribution in [0.1, 0.15) is 76.7 Å². The van der Waals surface area contributed by atoms with Gasteiger partial charge in [0.1, 0.15) is 12.2 Å². The highest BCUT2D eigenvalue weighted by Gasteiger charge is 2.66. The number of ether oxygens (including phenoxy) is 1. The molecule has 6 rings (SSSR count). The van der Waals surface area contributed by atoms with Crippen molar-refractivity contribution in [3.63, 3.8) is 0 Å². The van der Waals surface area contributed by atoms with Gasteiger partial charge in [0.25, 0.3) is 0 Å². The third-order valence-corrected chi connectivity index (χ3v) is 11.7. The van der Waals surface area contributed by atoms with Crippen molar-refractivity contribution < 1.29 is 29.3 Å². The van der Waals surface area contributed by atoms with Crippen LogP contribution in [0.15, 0.2) is 39.3 Å². The van der Waals surface area contributed by atoms with E-state index < -0.39 is 30.1 Å². The predicted molar refractivity (Wildman–Crippen MR) is 143 cm³/mol. The lowest BCUT2D eigenvalue weighted by atomic mass is 9.45. The zero-order valence-corrected chi connectivity index (χ0v) is 23.3. The van der Waals surface area contributed by atoms with Gasteiger partial charge in [0.15, 0.2) is 6.23 Å². The second-order valence-corrected chi connectivity index (χ2v) is 13.2. The maximum Gasteiger partial charge on any atom is 0.335 e. The fourth-order valence-electron chi connectivity index (χ4n) is 9.46. The van der Waals surface area contributed by atoms with Gasteiger partial charge in [-0.1, -0.05) is 25.5 Å². The summed E-state index contributed by atoms with van der Waals surface area (Å²) in [6.45, 7) is 4.78. The van der Waals surface area contributed by atoms with Gasteiger partial charge in [-0.2, -0.15) is 5.06 Å². The Morgan fingerprint density at radius 1 is 1.05 bits per heavy atom. The summed E-state index contributed by atoms with van der Waals surface area (Å²) in [6.07, 6.45) is 8.15. The minimum Gasteiger partial charge on any atom is -0.431 e. The van der Waals surface area contributed by atoms with Crippen LogP contribution in [0.3, 0.4) is 0 Å². The van der Waals surface area contributed by atoms with E-state index in [2.05, 4.69) is 19.9 Å². The molecule has 1 saturated heterocycles. The van der Waals surface area contributed by atoms with E-state index in [1.165, 1.54) is 11.6 Å². The molecule has 9 heteroatoms. The molecule has 2 heterocycles. The van der Waals surface area contributed by atoms with E-state index in [1.54, 1.807) is 18.4 Å². The minimum absolute atomic E-state index is 0.0125. The Morgan fingerprint density at radius 3 is 2.56 bits per heavy atom. The number of aliphatic hydroxyl groups is 3. The number of aliphatic hydroxyl groups excluding tert-OH is 2. The Hall–Kier alpha value is -1.59. The molecule has 9 nitrogen and oxygen atoms in total. The molecule has 5 unspecified atom stereocenters. The molecule has 1 aromatic heterocycles. The first kappa shape index (κ1) is 27.6. The summed E-state index contributed by atoms with van der Waals surface area (Å²) in [5.41, 5.74) is 6.93. The molecule has 0 spiro atoms. The molecule has 4 fully saturated rings. The smallest absolute Gasteiger partial charge is 0.335 e. The number of allylic oxidation sites excluding steroid dienone is 1. The molecule has 4 aliphatic carbocycles. The number of hydroxylamine groups is 2. The van der Waals surface area contributed by atoms with Crippen molar-refractivity contribution in [3.05, 3.63) is 46.0 Å². The van der Waals surface area contributed by atoms with Crippen LogP contribution < -0.4 is 11.4 Å². The van der Waals surface area contributed by atoms with Gasteiger partial charge in [0.2, 0.25) is 0 Å². The number of hydrogen-bond donors (Lipinski definition) is 4. The van der Waals surface area contributed by atoms with Gasteiger partial charge in [-0.05, 0) is 86.2 Å². The lowest BCUT2D eigenvalue weighted by Crippen LogP contribution is -2.63. The van der Waals surface area contributed by atoms with E-state index in [0.29, 0.717) is 5.92 Å². The minimum atomic E-state index is -1.16. The van der Waals surface area contributed by atoms with E-state index in [-0.39, 0.29) is 40.9 Å². The largest absolute Gasteiger partial charge is 0.431 e. The molecule has 1 aromatic rings. The molecule has 0 radical (unpaired) electrons. The zero-order valence-electron chi connectivity index (χ0n) is 23.3. The number of nitrogens with zero attached hydrogens (tertiary/aromatic N) is 1. The normalized spacial score (nSPS) is 47.7. The van der Waals surface area contributed by atoms with E-state index in [4.69, 9.17) is 19.7 Å². The van der Waals surface area contributed by atoms with E-state index >= 15 is 0 Å². The average molecular weight is 545 g/mol. The maximum atomic E-state index is 12.5. The summed E-state index contributed by atoms with van der Waals surface area (Å²) in [7, 11) is 1.58. The van der Waals surface area contributed by atoms with E-state index in [9.17, 15) is 20.1 Å². The van der Waals surface area contributed by atoms with Gasteiger partial charge in [-0.25, -0.2) is 4.79 Å². The average Bonchev–Trinajstić information content (AvgIpc) is 3.20. The van der Waals surface area contributed by atoms with Crippen LogP contribution in [0.4, 0.5) is 0 Å². The quantitative estimate of drug-likeness (QED) is 0.332. The molecule has 39 heavy (non-hydrogen) atoms. The number of hydrogen-bond acceptors (Lipinski definition) is 9. The highest BCUT2D eigenvalue weighted by atomic mass is 16.7. The van der Waals surface area contributed by atoms with Gasteiger partial charge in [-0.15, -0.1) is 0 Å². The van der Waals surface area contributed by atoms with Crippen molar-refractivity contribution >= 4 is 0 Å². The van der Waals surface area contributed by atoms with Crippen LogP contribution in [0.2, 0.25) is 0 Å². The van der Waals surface area contributed by atoms with Gasteiger partial charge in [0.05, 0.1) is 37.7 Å². The summed E-state index contributed by atoms with van der Waals surface area (Å²) in [5, 5.41) is 35.2. The SMILES string of the molecule is CON(C1C=C2CCC3C(CC[C@]4(C)[C@@H](c5ccc(=O)oc5)CC[C@]34O)[C@@]2(C)CC1)[C@H]1OC[C@H](N)C(O)C1O. The fourth-order valence-corrected chi connectivity index (χ4v) is 9.46. The topological polar surface area (TPSA) is 139 Å². The van der Waals surface area contributed by atoms with E-state index in [1.807, 2.05) is 6.07 Å². The molecule has 0 amide bonds. The van der Waals surface area contributed by atoms with Crippen LogP contribution in [0.5, 0.6) is 0 Å². The Balaban J connectivity index is 1.24. The van der Waals surface area contributed by atoms with Crippen LogP contribution in [-0.4, -0.2) is 70.2 Å². The highest BCUT2D eigenvalue weighted by Crippen LogP contribution is 2.70. The molecule has 5 aliphatic rings. The molecular formula is C30H44N2O7. The summed E-state index contributed by atoms with van der Waals surface area (Å²) >= 11 is 0. The molecule has 216 valence electrons. The summed E-state index contributed by atoms with van der Waals surface area (Å²) in [5.74, 6) is 0.777. The molecule has 5 N–H and O–H groups in total. The third-order valence-electron chi connectivity index (χ3n) is 11.7. The van der Waals surface area contributed by atoms with Crippen molar-refractivity contribution in [2.45, 2.75) is 107 Å². The lowest BCUT2D eigenvalue weighted by Gasteiger charge is -2.62. The molecule has 0 aromatic carbocycles. The predicted octanol–water partition coefficient (Wildman–Crippen LogP) is 2.44. The van der Waals surface area contributed by atoms with Gasteiger partial charge < -0.3 is 30.2 Å². The second kappa shape index (κ2) is 9.76. The second-order valence-electron chi connectivity index (χ2n) is 13.2. The highest BCUT2D eigenvalue weighted by molar-refractivity contribution is 5.31. The summed E-state index contributed by atoms with van der Waals surface area (Å²) < 4.78 is 11.0. The molecule has 0 bridgehead atoms.